The number of hydrogen-bond donors (Lipinski definition) is 3. The summed E-state index contributed by atoms with van der Waals surface area (Å²) >= 11 is 0. The number of benzene rings is 2. The second kappa shape index (κ2) is 10.7. The number of rotatable bonds is 9. The van der Waals surface area contributed by atoms with E-state index in [-0.39, 0.29) is 24.5 Å². The normalized spacial score (nSPS) is 19.7. The smallest absolute Gasteiger partial charge is 0.407 e. The number of carbonyl (C=O) groups excluding carboxylic acids is 2. The molecule has 2 amide bonds. The van der Waals surface area contributed by atoms with E-state index in [0.29, 0.717) is 19.3 Å². The van der Waals surface area contributed by atoms with Gasteiger partial charge in [0, 0.05) is 12.0 Å². The van der Waals surface area contributed by atoms with Gasteiger partial charge in [-0.25, -0.2) is 9.59 Å². The van der Waals surface area contributed by atoms with Gasteiger partial charge in [0.1, 0.15) is 12.6 Å². The molecule has 1 saturated carbocycles. The predicted octanol–water partition coefficient (Wildman–Crippen LogP) is 4.45. The number of unbranched alkanes of at least 4 members (excludes halogenated alkanes) is 1. The van der Waals surface area contributed by atoms with E-state index in [1.807, 2.05) is 31.2 Å². The fourth-order valence-electron chi connectivity index (χ4n) is 5.18. The molecular formula is C27H32N2O5. The highest BCUT2D eigenvalue weighted by Gasteiger charge is 2.36. The summed E-state index contributed by atoms with van der Waals surface area (Å²) in [6, 6.07) is 15.0. The number of alkyl carbamates (subject to hydrolysis) is 1. The Labute approximate surface area is 199 Å². The van der Waals surface area contributed by atoms with Crippen LogP contribution in [0.1, 0.15) is 62.5 Å². The second-order valence-electron chi connectivity index (χ2n) is 9.16. The minimum absolute atomic E-state index is 0.0317. The fourth-order valence-corrected chi connectivity index (χ4v) is 5.18. The number of carbonyl (C=O) groups is 3. The van der Waals surface area contributed by atoms with Crippen LogP contribution in [0.4, 0.5) is 4.79 Å². The lowest BCUT2D eigenvalue weighted by molar-refractivity contribution is -0.142. The van der Waals surface area contributed by atoms with E-state index in [1.54, 1.807) is 0 Å². The highest BCUT2D eigenvalue weighted by atomic mass is 16.5. The van der Waals surface area contributed by atoms with Gasteiger partial charge in [-0.3, -0.25) is 4.79 Å². The SMILES string of the molecule is CCCCC(NC(=O)C1CCCC1NC(=O)OCC1c2ccccc2-c2ccccc21)C(=O)O. The average molecular weight is 465 g/mol. The molecule has 3 N–H and O–H groups in total. The average Bonchev–Trinajstić information content (AvgIpc) is 3.42. The Hall–Kier alpha value is -3.35. The van der Waals surface area contributed by atoms with Crippen LogP contribution < -0.4 is 10.6 Å². The monoisotopic (exact) mass is 464 g/mol. The zero-order chi connectivity index (χ0) is 24.1. The van der Waals surface area contributed by atoms with Crippen molar-refractivity contribution in [2.45, 2.75) is 63.5 Å². The molecule has 1 fully saturated rings. The van der Waals surface area contributed by atoms with E-state index in [1.165, 1.54) is 0 Å². The number of hydrogen-bond acceptors (Lipinski definition) is 4. The van der Waals surface area contributed by atoms with Gasteiger partial charge in [-0.05, 0) is 41.5 Å². The summed E-state index contributed by atoms with van der Waals surface area (Å²) in [7, 11) is 0. The number of nitrogens with one attached hydrogen (secondary N) is 2. The van der Waals surface area contributed by atoms with E-state index in [0.717, 1.165) is 41.5 Å². The molecule has 2 aromatic carbocycles. The summed E-state index contributed by atoms with van der Waals surface area (Å²) in [6.45, 7) is 2.19. The molecule has 0 heterocycles. The highest BCUT2D eigenvalue weighted by molar-refractivity contribution is 5.86. The number of ether oxygens (including phenoxy) is 1. The molecule has 0 aromatic heterocycles. The maximum Gasteiger partial charge on any atom is 0.407 e. The van der Waals surface area contributed by atoms with Crippen LogP contribution in [0.3, 0.4) is 0 Å². The summed E-state index contributed by atoms with van der Waals surface area (Å²) in [5.74, 6) is -1.83. The molecule has 7 heteroatoms. The van der Waals surface area contributed by atoms with Crippen molar-refractivity contribution >= 4 is 18.0 Å². The minimum atomic E-state index is -1.03. The second-order valence-corrected chi connectivity index (χ2v) is 9.16. The summed E-state index contributed by atoms with van der Waals surface area (Å²) in [4.78, 5) is 36.9. The maximum atomic E-state index is 12.8. The first-order valence-electron chi connectivity index (χ1n) is 12.1. The van der Waals surface area contributed by atoms with Crippen LogP contribution in [0.15, 0.2) is 48.5 Å². The Kier molecular flexibility index (Phi) is 7.50. The van der Waals surface area contributed by atoms with E-state index < -0.39 is 24.0 Å². The third kappa shape index (κ3) is 5.08. The van der Waals surface area contributed by atoms with Crippen molar-refractivity contribution in [2.24, 2.45) is 5.92 Å². The highest BCUT2D eigenvalue weighted by Crippen LogP contribution is 2.44. The fraction of sp³-hybridized carbons (Fsp3) is 0.444. The van der Waals surface area contributed by atoms with E-state index in [4.69, 9.17) is 4.74 Å². The van der Waals surface area contributed by atoms with Crippen LogP contribution in [0.5, 0.6) is 0 Å². The molecule has 2 aliphatic carbocycles. The third-order valence-electron chi connectivity index (χ3n) is 6.96. The molecule has 4 rings (SSSR count). The van der Waals surface area contributed by atoms with Gasteiger partial charge >= 0.3 is 12.1 Å². The van der Waals surface area contributed by atoms with Gasteiger partial charge in [-0.2, -0.15) is 0 Å². The van der Waals surface area contributed by atoms with E-state index in [2.05, 4.69) is 34.9 Å². The van der Waals surface area contributed by atoms with Crippen molar-refractivity contribution in [2.75, 3.05) is 6.61 Å². The van der Waals surface area contributed by atoms with Crippen molar-refractivity contribution in [1.29, 1.82) is 0 Å². The Morgan fingerprint density at radius 1 is 1.03 bits per heavy atom. The molecule has 2 aromatic rings. The van der Waals surface area contributed by atoms with E-state index >= 15 is 0 Å². The summed E-state index contributed by atoms with van der Waals surface area (Å²) in [5.41, 5.74) is 4.61. The molecule has 3 atom stereocenters. The molecule has 0 spiro atoms. The standard InChI is InChI=1S/C27H32N2O5/c1-2-3-14-24(26(31)32)28-25(30)21-13-8-15-23(21)29-27(33)34-16-22-19-11-6-4-9-17(19)18-10-5-7-12-20(18)22/h4-7,9-12,21-24H,2-3,8,13-16H2,1H3,(H,28,30)(H,29,33)(H,31,32). The molecule has 2 aliphatic rings. The first-order valence-corrected chi connectivity index (χ1v) is 12.1. The van der Waals surface area contributed by atoms with Crippen molar-refractivity contribution < 1.29 is 24.2 Å². The first-order chi connectivity index (χ1) is 16.5. The molecule has 7 nitrogen and oxygen atoms in total. The largest absolute Gasteiger partial charge is 0.480 e. The molecular weight excluding hydrogens is 432 g/mol. The van der Waals surface area contributed by atoms with Crippen LogP contribution in [0.2, 0.25) is 0 Å². The van der Waals surface area contributed by atoms with Crippen molar-refractivity contribution in [3.8, 4) is 11.1 Å². The van der Waals surface area contributed by atoms with Gasteiger partial charge < -0.3 is 20.5 Å². The van der Waals surface area contributed by atoms with Crippen LogP contribution in [0, 0.1) is 5.92 Å². The molecule has 0 radical (unpaired) electrons. The lowest BCUT2D eigenvalue weighted by atomic mass is 9.98. The van der Waals surface area contributed by atoms with Crippen molar-refractivity contribution in [3.05, 3.63) is 59.7 Å². The lowest BCUT2D eigenvalue weighted by Gasteiger charge is -2.23. The summed E-state index contributed by atoms with van der Waals surface area (Å²) in [5, 5.41) is 14.9. The summed E-state index contributed by atoms with van der Waals surface area (Å²) < 4.78 is 5.63. The molecule has 0 saturated heterocycles. The van der Waals surface area contributed by atoms with Crippen molar-refractivity contribution in [1.82, 2.24) is 10.6 Å². The molecule has 0 bridgehead atoms. The molecule has 180 valence electrons. The number of amides is 2. The number of fused-ring (bicyclic) bond motifs is 3. The van der Waals surface area contributed by atoms with Crippen LogP contribution >= 0.6 is 0 Å². The van der Waals surface area contributed by atoms with Gasteiger partial charge in [0.2, 0.25) is 5.91 Å². The van der Waals surface area contributed by atoms with Gasteiger partial charge in [0.25, 0.3) is 0 Å². The van der Waals surface area contributed by atoms with Crippen molar-refractivity contribution in [3.63, 3.8) is 0 Å². The first kappa shape index (κ1) is 23.8. The Morgan fingerprint density at radius 3 is 2.29 bits per heavy atom. The summed E-state index contributed by atoms with van der Waals surface area (Å²) in [6.07, 6.45) is 3.49. The van der Waals surface area contributed by atoms with Crippen LogP contribution in [-0.4, -0.2) is 41.8 Å². The van der Waals surface area contributed by atoms with Gasteiger partial charge in [0.15, 0.2) is 0 Å². The van der Waals surface area contributed by atoms with Gasteiger partial charge in [-0.1, -0.05) is 74.7 Å². The van der Waals surface area contributed by atoms with Gasteiger partial charge in [-0.15, -0.1) is 0 Å². The molecule has 0 aliphatic heterocycles. The number of aliphatic carboxylic acids is 1. The Bertz CT molecular complexity index is 1010. The predicted molar refractivity (Wildman–Crippen MR) is 128 cm³/mol. The zero-order valence-corrected chi connectivity index (χ0v) is 19.5. The van der Waals surface area contributed by atoms with E-state index in [9.17, 15) is 19.5 Å². The van der Waals surface area contributed by atoms with Crippen LogP contribution in [-0.2, 0) is 14.3 Å². The Balaban J connectivity index is 1.35. The lowest BCUT2D eigenvalue weighted by Crippen LogP contribution is -2.48. The third-order valence-corrected chi connectivity index (χ3v) is 6.96. The molecule has 3 unspecified atom stereocenters. The number of carboxylic acid groups (broad SMARTS) is 1. The quantitative estimate of drug-likeness (QED) is 0.508. The Morgan fingerprint density at radius 2 is 1.68 bits per heavy atom. The maximum absolute atomic E-state index is 12.8. The zero-order valence-electron chi connectivity index (χ0n) is 19.5. The number of carboxylic acids is 1. The topological polar surface area (TPSA) is 105 Å². The molecule has 34 heavy (non-hydrogen) atoms. The minimum Gasteiger partial charge on any atom is -0.480 e. The van der Waals surface area contributed by atoms with Gasteiger partial charge in [0.05, 0.1) is 5.92 Å². The van der Waals surface area contributed by atoms with Crippen LogP contribution in [0.25, 0.3) is 11.1 Å².